The number of carbonyl (C=O) groups is 1. The fraction of sp³-hybridized carbons (Fsp3) is 0.458. The third-order valence-electron chi connectivity index (χ3n) is 6.00. The number of sulfonamides is 1. The average Bonchev–Trinajstić information content (AvgIpc) is 2.82. The van der Waals surface area contributed by atoms with Crippen molar-refractivity contribution in [1.82, 2.24) is 10.2 Å². The van der Waals surface area contributed by atoms with Crippen LogP contribution in [0, 0.1) is 0 Å². The molecule has 0 aromatic heterocycles. The van der Waals surface area contributed by atoms with Gasteiger partial charge in [-0.1, -0.05) is 37.6 Å². The van der Waals surface area contributed by atoms with E-state index in [2.05, 4.69) is 17.1 Å². The minimum Gasteiger partial charge on any atom is -0.352 e. The van der Waals surface area contributed by atoms with Crippen LogP contribution in [0.5, 0.6) is 0 Å². The first-order valence-electron chi connectivity index (χ1n) is 11.1. The smallest absolute Gasteiger partial charge is 0.264 e. The molecule has 31 heavy (non-hydrogen) atoms. The topological polar surface area (TPSA) is 69.7 Å². The number of piperidine rings is 1. The average molecular weight is 444 g/mol. The van der Waals surface area contributed by atoms with Crippen molar-refractivity contribution in [2.45, 2.75) is 50.0 Å². The van der Waals surface area contributed by atoms with E-state index in [1.165, 1.54) is 49.2 Å². The van der Waals surface area contributed by atoms with Gasteiger partial charge in [0.1, 0.15) is 0 Å². The van der Waals surface area contributed by atoms with Gasteiger partial charge in [0.05, 0.1) is 10.6 Å². The van der Waals surface area contributed by atoms with Crippen molar-refractivity contribution in [1.29, 1.82) is 0 Å². The normalized spacial score (nSPS) is 17.3. The molecule has 0 aliphatic carbocycles. The molecule has 1 amide bonds. The number of benzene rings is 2. The first-order valence-corrected chi connectivity index (χ1v) is 12.5. The predicted octanol–water partition coefficient (Wildman–Crippen LogP) is 3.90. The van der Waals surface area contributed by atoms with Gasteiger partial charge >= 0.3 is 0 Å². The molecular formula is C24H33N3O3S. The van der Waals surface area contributed by atoms with E-state index in [0.29, 0.717) is 23.8 Å². The number of nitrogens with one attached hydrogen (secondary N) is 1. The molecule has 7 heteroatoms. The molecule has 3 rings (SSSR count). The second-order valence-corrected chi connectivity index (χ2v) is 10.0. The first-order chi connectivity index (χ1) is 14.9. The number of carbonyl (C=O) groups excluding carboxylic acids is 1. The maximum atomic E-state index is 13.0. The number of nitrogens with zero attached hydrogens (tertiary/aromatic N) is 2. The van der Waals surface area contributed by atoms with Crippen LogP contribution in [-0.2, 0) is 10.0 Å². The van der Waals surface area contributed by atoms with Crippen LogP contribution in [0.3, 0.4) is 0 Å². The number of rotatable bonds is 9. The van der Waals surface area contributed by atoms with Gasteiger partial charge in [-0.05, 0) is 62.6 Å². The summed E-state index contributed by atoms with van der Waals surface area (Å²) in [5.41, 5.74) is 0.924. The second-order valence-electron chi connectivity index (χ2n) is 8.04. The van der Waals surface area contributed by atoms with Crippen LogP contribution in [0.2, 0.25) is 0 Å². The molecule has 0 spiro atoms. The van der Waals surface area contributed by atoms with Crippen LogP contribution >= 0.6 is 0 Å². The Morgan fingerprint density at radius 1 is 1.13 bits per heavy atom. The molecule has 0 radical (unpaired) electrons. The van der Waals surface area contributed by atoms with E-state index in [4.69, 9.17) is 0 Å². The molecule has 1 N–H and O–H groups in total. The molecule has 1 atom stereocenters. The Morgan fingerprint density at radius 2 is 1.90 bits per heavy atom. The summed E-state index contributed by atoms with van der Waals surface area (Å²) >= 11 is 0. The number of para-hydroxylation sites is 1. The minimum absolute atomic E-state index is 0.102. The molecule has 168 valence electrons. The van der Waals surface area contributed by atoms with E-state index >= 15 is 0 Å². The summed E-state index contributed by atoms with van der Waals surface area (Å²) in [6.45, 7) is 4.93. The van der Waals surface area contributed by atoms with Gasteiger partial charge < -0.3 is 10.2 Å². The monoisotopic (exact) mass is 443 g/mol. The van der Waals surface area contributed by atoms with Crippen molar-refractivity contribution >= 4 is 21.6 Å². The van der Waals surface area contributed by atoms with Crippen molar-refractivity contribution in [2.24, 2.45) is 0 Å². The van der Waals surface area contributed by atoms with E-state index in [0.717, 1.165) is 19.5 Å². The summed E-state index contributed by atoms with van der Waals surface area (Å²) in [4.78, 5) is 15.2. The van der Waals surface area contributed by atoms with Crippen LogP contribution in [0.15, 0.2) is 59.5 Å². The van der Waals surface area contributed by atoms with Crippen molar-refractivity contribution in [3.63, 3.8) is 0 Å². The molecule has 2 aromatic carbocycles. The quantitative estimate of drug-likeness (QED) is 0.597. The maximum absolute atomic E-state index is 13.0. The van der Waals surface area contributed by atoms with Crippen molar-refractivity contribution in [3.8, 4) is 0 Å². The van der Waals surface area contributed by atoms with Crippen molar-refractivity contribution < 1.29 is 13.2 Å². The van der Waals surface area contributed by atoms with E-state index in [-0.39, 0.29) is 10.8 Å². The van der Waals surface area contributed by atoms with Gasteiger partial charge in [-0.25, -0.2) is 8.42 Å². The molecule has 1 saturated heterocycles. The predicted molar refractivity (Wildman–Crippen MR) is 125 cm³/mol. The molecule has 0 unspecified atom stereocenters. The number of anilines is 1. The number of likely N-dealkylation sites (tertiary alicyclic amines) is 1. The van der Waals surface area contributed by atoms with E-state index < -0.39 is 10.0 Å². The zero-order chi connectivity index (χ0) is 22.3. The SMILES string of the molecule is CC[C@H]1CCCCN1CCCNC(=O)c1cccc(S(=O)(=O)N(C)c2ccccc2)c1. The number of amides is 1. The Bertz CT molecular complexity index is 963. The highest BCUT2D eigenvalue weighted by Gasteiger charge is 2.23. The number of hydrogen-bond donors (Lipinski definition) is 1. The lowest BCUT2D eigenvalue weighted by atomic mass is 10.00. The molecule has 1 aliphatic heterocycles. The Hall–Kier alpha value is -2.38. The second kappa shape index (κ2) is 10.8. The number of hydrogen-bond acceptors (Lipinski definition) is 4. The summed E-state index contributed by atoms with van der Waals surface area (Å²) in [5.74, 6) is -0.245. The van der Waals surface area contributed by atoms with Crippen LogP contribution < -0.4 is 9.62 Å². The molecule has 2 aromatic rings. The fourth-order valence-electron chi connectivity index (χ4n) is 4.14. The highest BCUT2D eigenvalue weighted by Crippen LogP contribution is 2.22. The zero-order valence-corrected chi connectivity index (χ0v) is 19.3. The molecule has 0 bridgehead atoms. The lowest BCUT2D eigenvalue weighted by Gasteiger charge is -2.35. The molecule has 6 nitrogen and oxygen atoms in total. The van der Waals surface area contributed by atoms with E-state index in [9.17, 15) is 13.2 Å². The Labute approximate surface area is 186 Å². The minimum atomic E-state index is -3.75. The van der Waals surface area contributed by atoms with Crippen molar-refractivity contribution in [3.05, 3.63) is 60.2 Å². The Morgan fingerprint density at radius 3 is 2.65 bits per heavy atom. The molecule has 1 heterocycles. The van der Waals surface area contributed by atoms with Crippen LogP contribution in [0.4, 0.5) is 5.69 Å². The lowest BCUT2D eigenvalue weighted by molar-refractivity contribution is 0.0947. The largest absolute Gasteiger partial charge is 0.352 e. The lowest BCUT2D eigenvalue weighted by Crippen LogP contribution is -2.40. The van der Waals surface area contributed by atoms with Crippen LogP contribution in [0.25, 0.3) is 0 Å². The Kier molecular flexibility index (Phi) is 8.09. The molecular weight excluding hydrogens is 410 g/mol. The van der Waals surface area contributed by atoms with E-state index in [1.807, 2.05) is 6.07 Å². The van der Waals surface area contributed by atoms with Gasteiger partial charge in [0.25, 0.3) is 15.9 Å². The third kappa shape index (κ3) is 5.86. The summed E-state index contributed by atoms with van der Waals surface area (Å²) < 4.78 is 27.2. The highest BCUT2D eigenvalue weighted by molar-refractivity contribution is 7.92. The van der Waals surface area contributed by atoms with E-state index in [1.54, 1.807) is 36.4 Å². The first kappa shape index (κ1) is 23.3. The maximum Gasteiger partial charge on any atom is 0.264 e. The fourth-order valence-corrected chi connectivity index (χ4v) is 5.38. The summed E-state index contributed by atoms with van der Waals surface area (Å²) in [6.07, 6.45) is 5.88. The van der Waals surface area contributed by atoms with Gasteiger partial charge in [-0.3, -0.25) is 9.10 Å². The summed E-state index contributed by atoms with van der Waals surface area (Å²) in [5, 5.41) is 2.94. The Balaban J connectivity index is 1.58. The molecule has 1 aliphatic rings. The zero-order valence-electron chi connectivity index (χ0n) is 18.5. The van der Waals surface area contributed by atoms with Crippen molar-refractivity contribution in [2.75, 3.05) is 31.0 Å². The highest BCUT2D eigenvalue weighted by atomic mass is 32.2. The summed E-state index contributed by atoms with van der Waals surface area (Å²) in [7, 11) is -2.23. The summed E-state index contributed by atoms with van der Waals surface area (Å²) in [6, 6.07) is 15.8. The molecule has 1 fully saturated rings. The van der Waals surface area contributed by atoms with Gasteiger partial charge in [-0.15, -0.1) is 0 Å². The van der Waals surface area contributed by atoms with Gasteiger partial charge in [0, 0.05) is 31.7 Å². The van der Waals surface area contributed by atoms with Crippen LogP contribution in [0.1, 0.15) is 49.4 Å². The van der Waals surface area contributed by atoms with Gasteiger partial charge in [0.15, 0.2) is 0 Å². The third-order valence-corrected chi connectivity index (χ3v) is 7.78. The standard InChI is InChI=1S/C24H33N3O3S/c1-3-21-12-7-8-17-27(21)18-10-16-25-24(28)20-11-9-15-23(19-20)31(29,30)26(2)22-13-5-4-6-14-22/h4-6,9,11,13-15,19,21H,3,7-8,10,12,16-18H2,1-2H3,(H,25,28)/t21-/m0/s1. The van der Waals surface area contributed by atoms with Gasteiger partial charge in [0.2, 0.25) is 0 Å². The molecule has 0 saturated carbocycles. The van der Waals surface area contributed by atoms with Gasteiger partial charge in [-0.2, -0.15) is 0 Å². The van der Waals surface area contributed by atoms with Crippen LogP contribution in [-0.4, -0.2) is 51.9 Å².